The number of hydrogen-bond donors (Lipinski definition) is 1. The van der Waals surface area contributed by atoms with Crippen LogP contribution in [0.1, 0.15) is 40.0 Å². The summed E-state index contributed by atoms with van der Waals surface area (Å²) in [5.41, 5.74) is 0.654. The normalized spacial score (nSPS) is 14.7. The molecule has 1 atom stereocenters. The van der Waals surface area contributed by atoms with Crippen molar-refractivity contribution in [2.24, 2.45) is 0 Å². The van der Waals surface area contributed by atoms with Gasteiger partial charge in [-0.25, -0.2) is 0 Å². The smallest absolute Gasteiger partial charge is 0.146 e. The molecule has 1 N–H and O–H groups in total. The Morgan fingerprint density at radius 1 is 1.33 bits per heavy atom. The van der Waals surface area contributed by atoms with Crippen molar-refractivity contribution in [1.82, 2.24) is 0 Å². The van der Waals surface area contributed by atoms with Gasteiger partial charge in [-0.2, -0.15) is 0 Å². The summed E-state index contributed by atoms with van der Waals surface area (Å²) >= 11 is 0. The van der Waals surface area contributed by atoms with Gasteiger partial charge in [0.05, 0.1) is 12.2 Å². The lowest BCUT2D eigenvalue weighted by Gasteiger charge is -2.22. The van der Waals surface area contributed by atoms with E-state index in [0.717, 1.165) is 12.8 Å². The van der Waals surface area contributed by atoms with Crippen LogP contribution in [0.3, 0.4) is 0 Å². The lowest BCUT2D eigenvalue weighted by Crippen LogP contribution is -2.26. The van der Waals surface area contributed by atoms with Crippen molar-refractivity contribution >= 4 is 0 Å². The van der Waals surface area contributed by atoms with E-state index in [1.165, 1.54) is 5.57 Å². The summed E-state index contributed by atoms with van der Waals surface area (Å²) in [4.78, 5) is 0. The Morgan fingerprint density at radius 2 is 2.00 bits per heavy atom. The van der Waals surface area contributed by atoms with Crippen LogP contribution in [0.25, 0.3) is 0 Å². The number of hydrogen-bond acceptors (Lipinski definition) is 3. The van der Waals surface area contributed by atoms with Gasteiger partial charge in [0.2, 0.25) is 0 Å². The van der Waals surface area contributed by atoms with Gasteiger partial charge in [-0.3, -0.25) is 0 Å². The Kier molecular flexibility index (Phi) is 7.65. The van der Waals surface area contributed by atoms with Gasteiger partial charge in [0.25, 0.3) is 0 Å². The van der Waals surface area contributed by atoms with E-state index < -0.39 is 5.60 Å². The summed E-state index contributed by atoms with van der Waals surface area (Å²) in [6, 6.07) is 0. The molecular weight excluding hydrogens is 192 g/mol. The first kappa shape index (κ1) is 14.6. The third kappa shape index (κ3) is 9.91. The first-order valence-electron chi connectivity index (χ1n) is 5.40. The molecule has 0 unspecified atom stereocenters. The number of ether oxygens (including phenoxy) is 2. The summed E-state index contributed by atoms with van der Waals surface area (Å²) in [5.74, 6) is 0. The molecule has 0 radical (unpaired) electrons. The fourth-order valence-electron chi connectivity index (χ4n) is 1.23. The Balaban J connectivity index is 3.62. The van der Waals surface area contributed by atoms with E-state index in [1.54, 1.807) is 7.11 Å². The molecule has 0 amide bonds. The zero-order valence-electron chi connectivity index (χ0n) is 10.4. The van der Waals surface area contributed by atoms with Gasteiger partial charge in [-0.1, -0.05) is 11.6 Å². The average Bonchev–Trinajstić information content (AvgIpc) is 2.11. The van der Waals surface area contributed by atoms with E-state index in [0.29, 0.717) is 19.8 Å². The Labute approximate surface area is 93.1 Å². The number of methoxy groups -OCH3 is 1. The van der Waals surface area contributed by atoms with Gasteiger partial charge in [0, 0.05) is 7.11 Å². The fraction of sp³-hybridized carbons (Fsp3) is 0.833. The quantitative estimate of drug-likeness (QED) is 0.385. The number of rotatable bonds is 8. The lowest BCUT2D eigenvalue weighted by atomic mass is 9.96. The van der Waals surface area contributed by atoms with Crippen molar-refractivity contribution in [3.05, 3.63) is 11.6 Å². The Morgan fingerprint density at radius 3 is 2.53 bits per heavy atom. The van der Waals surface area contributed by atoms with Crippen molar-refractivity contribution in [2.45, 2.75) is 45.6 Å². The first-order chi connectivity index (χ1) is 6.98. The second-order valence-corrected chi connectivity index (χ2v) is 4.38. The molecule has 0 spiro atoms. The topological polar surface area (TPSA) is 38.7 Å². The van der Waals surface area contributed by atoms with Crippen LogP contribution in [0.4, 0.5) is 0 Å². The summed E-state index contributed by atoms with van der Waals surface area (Å²) in [6.45, 7) is 6.81. The van der Waals surface area contributed by atoms with E-state index in [2.05, 4.69) is 19.9 Å². The zero-order valence-corrected chi connectivity index (χ0v) is 10.4. The SMILES string of the molecule is COCOCC[C@](C)(O)CCC=C(C)C. The van der Waals surface area contributed by atoms with Crippen molar-refractivity contribution in [3.8, 4) is 0 Å². The van der Waals surface area contributed by atoms with Crippen molar-refractivity contribution in [1.29, 1.82) is 0 Å². The molecule has 0 aliphatic carbocycles. The van der Waals surface area contributed by atoms with Gasteiger partial charge in [-0.05, 0) is 40.0 Å². The van der Waals surface area contributed by atoms with Crippen molar-refractivity contribution < 1.29 is 14.6 Å². The molecule has 90 valence electrons. The van der Waals surface area contributed by atoms with Crippen LogP contribution in [0, 0.1) is 0 Å². The standard InChI is InChI=1S/C12H24O3/c1-11(2)6-5-7-12(3,13)8-9-15-10-14-4/h6,13H,5,7-10H2,1-4H3/t12-/m1/s1. The van der Waals surface area contributed by atoms with Crippen LogP contribution in [0.2, 0.25) is 0 Å². The van der Waals surface area contributed by atoms with E-state index in [4.69, 9.17) is 9.47 Å². The maximum atomic E-state index is 9.98. The van der Waals surface area contributed by atoms with Crippen LogP contribution in [-0.4, -0.2) is 31.2 Å². The molecule has 0 saturated heterocycles. The highest BCUT2D eigenvalue weighted by Gasteiger charge is 2.18. The van der Waals surface area contributed by atoms with Crippen LogP contribution in [0.15, 0.2) is 11.6 Å². The molecule has 0 aromatic heterocycles. The highest BCUT2D eigenvalue weighted by molar-refractivity contribution is 4.94. The fourth-order valence-corrected chi connectivity index (χ4v) is 1.23. The highest BCUT2D eigenvalue weighted by Crippen LogP contribution is 2.17. The van der Waals surface area contributed by atoms with Gasteiger partial charge in [-0.15, -0.1) is 0 Å². The van der Waals surface area contributed by atoms with Crippen LogP contribution >= 0.6 is 0 Å². The second kappa shape index (κ2) is 7.85. The maximum absolute atomic E-state index is 9.98. The van der Waals surface area contributed by atoms with Gasteiger partial charge >= 0.3 is 0 Å². The van der Waals surface area contributed by atoms with E-state index in [1.807, 2.05) is 6.92 Å². The van der Waals surface area contributed by atoms with Crippen LogP contribution in [0.5, 0.6) is 0 Å². The Hall–Kier alpha value is -0.380. The average molecular weight is 216 g/mol. The molecular formula is C12H24O3. The predicted octanol–water partition coefficient (Wildman–Crippen LogP) is 2.49. The number of allylic oxidation sites excluding steroid dienone is 2. The zero-order chi connectivity index (χ0) is 11.7. The summed E-state index contributed by atoms with van der Waals surface area (Å²) in [5, 5.41) is 9.98. The van der Waals surface area contributed by atoms with E-state index in [9.17, 15) is 5.11 Å². The lowest BCUT2D eigenvalue weighted by molar-refractivity contribution is -0.0555. The van der Waals surface area contributed by atoms with Gasteiger partial charge in [0.15, 0.2) is 0 Å². The number of aliphatic hydroxyl groups is 1. The molecule has 0 saturated carbocycles. The summed E-state index contributed by atoms with van der Waals surface area (Å²) in [6.07, 6.45) is 4.48. The Bertz CT molecular complexity index is 181. The molecule has 0 aromatic rings. The van der Waals surface area contributed by atoms with Crippen molar-refractivity contribution in [3.63, 3.8) is 0 Å². The van der Waals surface area contributed by atoms with Gasteiger partial charge in [0.1, 0.15) is 6.79 Å². The molecule has 0 heterocycles. The molecule has 0 aliphatic heterocycles. The summed E-state index contributed by atoms with van der Waals surface area (Å²) in [7, 11) is 1.59. The maximum Gasteiger partial charge on any atom is 0.146 e. The molecule has 0 aliphatic rings. The van der Waals surface area contributed by atoms with Crippen molar-refractivity contribution in [2.75, 3.05) is 20.5 Å². The molecule has 0 bridgehead atoms. The molecule has 0 aromatic carbocycles. The molecule has 0 rings (SSSR count). The second-order valence-electron chi connectivity index (χ2n) is 4.38. The highest BCUT2D eigenvalue weighted by atomic mass is 16.7. The van der Waals surface area contributed by atoms with Crippen LogP contribution in [-0.2, 0) is 9.47 Å². The van der Waals surface area contributed by atoms with E-state index in [-0.39, 0.29) is 0 Å². The minimum absolute atomic E-state index is 0.296. The molecule has 15 heavy (non-hydrogen) atoms. The molecule has 3 heteroatoms. The monoisotopic (exact) mass is 216 g/mol. The summed E-state index contributed by atoms with van der Waals surface area (Å²) < 4.78 is 9.90. The third-order valence-corrected chi connectivity index (χ3v) is 2.22. The minimum Gasteiger partial charge on any atom is -0.390 e. The predicted molar refractivity (Wildman–Crippen MR) is 61.7 cm³/mol. The van der Waals surface area contributed by atoms with Gasteiger partial charge < -0.3 is 14.6 Å². The molecule has 0 fully saturated rings. The minimum atomic E-state index is -0.639. The first-order valence-corrected chi connectivity index (χ1v) is 5.40. The molecule has 3 nitrogen and oxygen atoms in total. The largest absolute Gasteiger partial charge is 0.390 e. The van der Waals surface area contributed by atoms with Crippen LogP contribution < -0.4 is 0 Å². The third-order valence-electron chi connectivity index (χ3n) is 2.22. The van der Waals surface area contributed by atoms with E-state index >= 15 is 0 Å².